The fourth-order valence-electron chi connectivity index (χ4n) is 5.59. The molecule has 4 aromatic rings. The molecule has 210 valence electrons. The first-order chi connectivity index (χ1) is 19.6. The van der Waals surface area contributed by atoms with Crippen molar-refractivity contribution in [1.29, 1.82) is 0 Å². The average Bonchev–Trinajstić information content (AvgIpc) is 3.49. The molecule has 6 rings (SSSR count). The van der Waals surface area contributed by atoms with Crippen molar-refractivity contribution in [1.82, 2.24) is 8.05 Å². The van der Waals surface area contributed by atoms with Gasteiger partial charge in [-0.05, 0) is 0 Å². The van der Waals surface area contributed by atoms with Crippen molar-refractivity contribution in [3.63, 3.8) is 0 Å². The molecule has 2 N–H and O–H groups in total. The van der Waals surface area contributed by atoms with E-state index in [0.717, 1.165) is 0 Å². The van der Waals surface area contributed by atoms with E-state index in [1.54, 1.807) is 22.3 Å². The van der Waals surface area contributed by atoms with Crippen LogP contribution in [0.15, 0.2) is 108 Å². The molecule has 0 bridgehead atoms. The summed E-state index contributed by atoms with van der Waals surface area (Å²) in [5.41, 5.74) is 14.5. The first-order valence-electron chi connectivity index (χ1n) is 13.5. The molecule has 0 spiro atoms. The predicted molar refractivity (Wildman–Crippen MR) is 162 cm³/mol. The average molecular weight is 731 g/mol. The Morgan fingerprint density at radius 3 is 1.38 bits per heavy atom. The number of halogens is 2. The number of carbonyl (C=O) groups is 2. The molecule has 0 saturated carbocycles. The van der Waals surface area contributed by atoms with Crippen LogP contribution in [0.25, 0.3) is 34.4 Å². The molecule has 2 unspecified atom stereocenters. The Balaban J connectivity index is 0.000000483. The summed E-state index contributed by atoms with van der Waals surface area (Å²) < 4.78 is 6.09. The van der Waals surface area contributed by atoms with E-state index in [4.69, 9.17) is 0 Å². The van der Waals surface area contributed by atoms with Crippen LogP contribution in [0.2, 0.25) is 0 Å². The number of hydrogen-bond donors (Lipinski definition) is 2. The van der Waals surface area contributed by atoms with Crippen LogP contribution < -0.4 is 32.9 Å². The summed E-state index contributed by atoms with van der Waals surface area (Å²) in [6, 6.07) is 35.6. The molecule has 8 heteroatoms. The Kier molecular flexibility index (Phi) is 13.2. The minimum atomic E-state index is -1.18. The van der Waals surface area contributed by atoms with E-state index in [1.165, 1.54) is 33.4 Å². The second-order valence-electron chi connectivity index (χ2n) is 9.98. The van der Waals surface area contributed by atoms with Crippen molar-refractivity contribution < 1.29 is 57.6 Å². The fourth-order valence-corrected chi connectivity index (χ4v) is 10.8. The Hall–Kier alpha value is -2.60. The van der Waals surface area contributed by atoms with Gasteiger partial charge in [0, 0.05) is 0 Å². The first kappa shape index (κ1) is 33.9. The van der Waals surface area contributed by atoms with Gasteiger partial charge >= 0.3 is 258 Å². The van der Waals surface area contributed by atoms with Crippen LogP contribution in [-0.4, -0.2) is 30.7 Å². The van der Waals surface area contributed by atoms with E-state index < -0.39 is 41.1 Å². The third-order valence-electron chi connectivity index (χ3n) is 7.43. The van der Waals surface area contributed by atoms with Crippen molar-refractivity contribution in [2.45, 2.75) is 21.1 Å². The summed E-state index contributed by atoms with van der Waals surface area (Å²) in [5, 5.41) is 0. The van der Waals surface area contributed by atoms with Gasteiger partial charge in [-0.2, -0.15) is 0 Å². The van der Waals surface area contributed by atoms with Crippen LogP contribution in [0.1, 0.15) is 43.4 Å². The minimum absolute atomic E-state index is 0. The second kappa shape index (κ2) is 16.3. The molecule has 2 aliphatic carbocycles. The Labute approximate surface area is 280 Å². The Morgan fingerprint density at radius 2 is 1.00 bits per heavy atom. The molecule has 0 aromatic heterocycles. The van der Waals surface area contributed by atoms with Crippen LogP contribution in [0, 0.1) is 0 Å². The zero-order chi connectivity index (χ0) is 27.9. The quantitative estimate of drug-likeness (QED) is 0.158. The molecular weight excluding hydrogens is 700 g/mol. The van der Waals surface area contributed by atoms with Crippen LogP contribution in [0.4, 0.5) is 0 Å². The monoisotopic (exact) mass is 728 g/mol. The molecule has 0 saturated heterocycles. The molecule has 2 atom stereocenters. The smallest absolute Gasteiger partial charge is 1.00 e. The van der Waals surface area contributed by atoms with Crippen LogP contribution in [0.5, 0.6) is 0 Å². The van der Waals surface area contributed by atoms with Gasteiger partial charge in [-0.1, -0.05) is 0 Å². The number of hydrogen-bond acceptors (Lipinski definition) is 2. The van der Waals surface area contributed by atoms with Crippen molar-refractivity contribution >= 4 is 42.9 Å². The maximum Gasteiger partial charge on any atom is -1.00 e. The number of nitrogens with one attached hydrogen (secondary N) is 2. The van der Waals surface area contributed by atoms with Crippen LogP contribution in [0.3, 0.4) is 0 Å². The van der Waals surface area contributed by atoms with Gasteiger partial charge < -0.3 is 24.8 Å². The number of amides is 2. The largest absolute Gasteiger partial charge is 1.00 e. The summed E-state index contributed by atoms with van der Waals surface area (Å²) in [5.74, 6) is 0. The Bertz CT molecular complexity index is 1460. The zero-order valence-electron chi connectivity index (χ0n) is 23.5. The number of carbonyl (C=O) groups excluding carboxylic acids is 2. The van der Waals surface area contributed by atoms with Gasteiger partial charge in [-0.3, -0.25) is 0 Å². The van der Waals surface area contributed by atoms with Crippen molar-refractivity contribution in [2.75, 3.05) is 0 Å². The van der Waals surface area contributed by atoms with Crippen LogP contribution >= 0.6 is 0 Å². The minimum Gasteiger partial charge on any atom is -1.00 e. The van der Waals surface area contributed by atoms with E-state index in [1.807, 2.05) is 0 Å². The maximum atomic E-state index is 9.46. The fraction of sp³-hybridized carbons (Fsp3) is 0.118. The topological polar surface area (TPSA) is 58.2 Å². The standard InChI is InChI=1S/2C16H13.2CH3NO.2ClH.Ga.Zr.H/c2*1-12-10-14-8-5-9-15(16(14)11-12)13-6-3-2-4-7-13;2*2-1-3;;;;;/h2*2-11H,1H3;2*1H,(H2,2,3);2*1H;;;/q;;;;;;2*+2;/p-4. The van der Waals surface area contributed by atoms with Gasteiger partial charge in [-0.25, -0.2) is 0 Å². The third kappa shape index (κ3) is 7.48. The second-order valence-corrected chi connectivity index (χ2v) is 16.1. The van der Waals surface area contributed by atoms with Crippen molar-refractivity contribution in [3.8, 4) is 22.3 Å². The van der Waals surface area contributed by atoms with Gasteiger partial charge in [0.1, 0.15) is 0 Å². The molecule has 0 heterocycles. The number of benzene rings is 4. The van der Waals surface area contributed by atoms with E-state index in [-0.39, 0.29) is 24.8 Å². The number of allylic oxidation sites excluding steroid dienone is 2. The van der Waals surface area contributed by atoms with E-state index in [9.17, 15) is 9.59 Å². The SMILES string of the molecule is CC1=Cc2c(-c3ccccc3)cccc2[CH]1[Zr+2][CH]1C(C)=Cc2c(-c3ccccc3)cccc21.O=C[NH][GaH][NH]C=O.[Cl-].[Cl-]. The first-order valence-corrected chi connectivity index (χ1v) is 19.3. The summed E-state index contributed by atoms with van der Waals surface area (Å²) >= 11 is -2.02. The van der Waals surface area contributed by atoms with Gasteiger partial charge in [0.25, 0.3) is 0 Å². The van der Waals surface area contributed by atoms with E-state index in [2.05, 4.69) is 131 Å². The maximum absolute atomic E-state index is 9.46. The molecule has 2 aliphatic rings. The van der Waals surface area contributed by atoms with Gasteiger partial charge in [0.2, 0.25) is 0 Å². The van der Waals surface area contributed by atoms with Crippen molar-refractivity contribution in [2.24, 2.45) is 0 Å². The molecule has 4 aromatic carbocycles. The molecule has 0 fully saturated rings. The molecule has 4 nitrogen and oxygen atoms in total. The summed E-state index contributed by atoms with van der Waals surface area (Å²) in [6.07, 6.45) is 6.13. The molecule has 0 radical (unpaired) electrons. The van der Waals surface area contributed by atoms with Crippen molar-refractivity contribution in [3.05, 3.63) is 130 Å². The predicted octanol–water partition coefficient (Wildman–Crippen LogP) is 0.472. The third-order valence-corrected chi connectivity index (χ3v) is 14.4. The number of fused-ring (bicyclic) bond motifs is 2. The van der Waals surface area contributed by atoms with Gasteiger partial charge in [0.05, 0.1) is 0 Å². The number of rotatable bonds is 8. The van der Waals surface area contributed by atoms with E-state index in [0.29, 0.717) is 20.1 Å². The van der Waals surface area contributed by atoms with Gasteiger partial charge in [-0.15, -0.1) is 0 Å². The van der Waals surface area contributed by atoms with E-state index >= 15 is 0 Å². The molecule has 2 amide bonds. The van der Waals surface area contributed by atoms with Crippen LogP contribution in [-0.2, 0) is 32.8 Å². The molecule has 42 heavy (non-hydrogen) atoms. The Morgan fingerprint density at radius 1 is 0.595 bits per heavy atom. The summed E-state index contributed by atoms with van der Waals surface area (Å²) in [7, 11) is 0. The molecular formula is C34H31Cl2GaN2O2Zr. The van der Waals surface area contributed by atoms with Gasteiger partial charge in [0.15, 0.2) is 0 Å². The summed E-state index contributed by atoms with van der Waals surface area (Å²) in [6.45, 7) is 4.71. The molecule has 0 aliphatic heterocycles. The normalized spacial score (nSPS) is 15.4. The summed E-state index contributed by atoms with van der Waals surface area (Å²) in [4.78, 5) is 18.9. The zero-order valence-corrected chi connectivity index (χ0v) is 30.4.